The molecule has 2 saturated heterocycles. The summed E-state index contributed by atoms with van der Waals surface area (Å²) in [5.41, 5.74) is 13.6. The summed E-state index contributed by atoms with van der Waals surface area (Å²) in [4.78, 5) is 23.2. The van der Waals surface area contributed by atoms with Gasteiger partial charge in [-0.2, -0.15) is 0 Å². The Labute approximate surface area is 223 Å². The number of carbonyl (C=O) groups is 2. The number of rotatable bonds is 4. The number of hydrogen-bond acceptors (Lipinski definition) is 4. The normalized spacial score (nSPS) is 33.8. The summed E-state index contributed by atoms with van der Waals surface area (Å²) in [6.45, 7) is 20.2. The SMILES string of the molecule is Cc1ccc([N+]2(C)C(C)(C)CC(OC(N)=O)CC2(C)C)cc1[N+]1(C)C(C)(C)CC(OC(N)=O)CC1(C)C. The second-order valence-electron chi connectivity index (χ2n) is 14.2. The predicted octanol–water partition coefficient (Wildman–Crippen LogP) is 5.50. The van der Waals surface area contributed by atoms with Crippen molar-refractivity contribution in [2.45, 2.75) is 122 Å². The van der Waals surface area contributed by atoms with E-state index in [1.807, 2.05) is 0 Å². The monoisotopic (exact) mass is 518 g/mol. The average molecular weight is 519 g/mol. The molecule has 0 bridgehead atoms. The summed E-state index contributed by atoms with van der Waals surface area (Å²) in [6.07, 6.45) is 1.01. The standard InChI is InChI=1S/C29H48N4O4/c1-19-12-13-20(32(10)26(2,3)15-21(36-24(30)34)16-27(32,4)5)14-23(19)33(11)28(6,7)17-22(37-25(31)35)18-29(33,8)9/h12-14,21-22H,15-18H2,1-11H3,(H2-2,30,31,34,35)/p+2. The minimum absolute atomic E-state index is 0.217. The van der Waals surface area contributed by atoms with Crippen molar-refractivity contribution in [1.29, 1.82) is 0 Å². The van der Waals surface area contributed by atoms with E-state index in [1.54, 1.807) is 0 Å². The number of nitrogens with two attached hydrogens (primary N) is 2. The molecule has 1 aromatic rings. The van der Waals surface area contributed by atoms with Crippen LogP contribution < -0.4 is 20.4 Å². The Kier molecular flexibility index (Phi) is 7.01. The smallest absolute Gasteiger partial charge is 0.404 e. The maximum Gasteiger partial charge on any atom is 0.404 e. The number of aryl methyl sites for hydroxylation is 1. The molecule has 2 heterocycles. The number of primary amides is 2. The highest BCUT2D eigenvalue weighted by Gasteiger charge is 2.61. The molecule has 0 saturated carbocycles. The van der Waals surface area contributed by atoms with Gasteiger partial charge in [-0.3, -0.25) is 8.97 Å². The number of carbonyl (C=O) groups excluding carboxylic acids is 2. The van der Waals surface area contributed by atoms with Gasteiger partial charge in [0.1, 0.15) is 45.7 Å². The van der Waals surface area contributed by atoms with Gasteiger partial charge in [-0.05, 0) is 74.4 Å². The van der Waals surface area contributed by atoms with E-state index in [4.69, 9.17) is 20.9 Å². The summed E-state index contributed by atoms with van der Waals surface area (Å²) in [5, 5.41) is 0. The first-order valence-electron chi connectivity index (χ1n) is 13.4. The van der Waals surface area contributed by atoms with E-state index in [9.17, 15) is 9.59 Å². The molecule has 2 aliphatic rings. The van der Waals surface area contributed by atoms with Crippen molar-refractivity contribution < 1.29 is 19.1 Å². The van der Waals surface area contributed by atoms with Crippen LogP contribution in [0.5, 0.6) is 0 Å². The summed E-state index contributed by atoms with van der Waals surface area (Å²) in [5.74, 6) is 0. The van der Waals surface area contributed by atoms with Crippen LogP contribution in [0, 0.1) is 6.92 Å². The number of nitrogens with zero attached hydrogens (tertiary/aromatic N) is 2. The van der Waals surface area contributed by atoms with Gasteiger partial charge in [-0.15, -0.1) is 0 Å². The highest BCUT2D eigenvalue weighted by molar-refractivity contribution is 5.66. The van der Waals surface area contributed by atoms with Crippen LogP contribution in [-0.4, -0.2) is 60.6 Å². The molecule has 3 rings (SSSR count). The zero-order valence-electron chi connectivity index (χ0n) is 24.9. The zero-order valence-corrected chi connectivity index (χ0v) is 24.9. The van der Waals surface area contributed by atoms with E-state index in [0.29, 0.717) is 21.8 Å². The number of quaternary nitrogens is 2. The van der Waals surface area contributed by atoms with E-state index >= 15 is 0 Å². The van der Waals surface area contributed by atoms with Crippen molar-refractivity contribution in [3.63, 3.8) is 0 Å². The molecule has 4 N–H and O–H groups in total. The zero-order chi connectivity index (χ0) is 28.4. The second kappa shape index (κ2) is 8.87. The second-order valence-corrected chi connectivity index (χ2v) is 14.2. The molecule has 1 aromatic carbocycles. The Morgan fingerprint density at radius 3 is 1.43 bits per heavy atom. The average Bonchev–Trinajstić information content (AvgIpc) is 2.68. The molecule has 2 aliphatic heterocycles. The van der Waals surface area contributed by atoms with Gasteiger partial charge in [0.2, 0.25) is 0 Å². The first kappa shape index (κ1) is 29.2. The molecule has 2 amide bonds. The highest BCUT2D eigenvalue weighted by atomic mass is 16.6. The lowest BCUT2D eigenvalue weighted by Gasteiger charge is -2.62. The van der Waals surface area contributed by atoms with Crippen LogP contribution in [0.15, 0.2) is 18.2 Å². The maximum atomic E-state index is 11.6. The molecular formula is C29H50N4O4+2. The Morgan fingerprint density at radius 1 is 0.730 bits per heavy atom. The van der Waals surface area contributed by atoms with Gasteiger partial charge in [-0.1, -0.05) is 0 Å². The fourth-order valence-corrected chi connectivity index (χ4v) is 7.95. The largest absolute Gasteiger partial charge is 0.446 e. The lowest BCUT2D eigenvalue weighted by atomic mass is 9.73. The van der Waals surface area contributed by atoms with Crippen molar-refractivity contribution in [1.82, 2.24) is 8.97 Å². The fourth-order valence-electron chi connectivity index (χ4n) is 7.95. The first-order valence-corrected chi connectivity index (χ1v) is 13.4. The summed E-state index contributed by atoms with van der Waals surface area (Å²) in [7, 11) is 4.62. The topological polar surface area (TPSA) is 105 Å². The summed E-state index contributed by atoms with van der Waals surface area (Å²) >= 11 is 0. The summed E-state index contributed by atoms with van der Waals surface area (Å²) in [6, 6.07) is 6.90. The Bertz CT molecular complexity index is 1040. The van der Waals surface area contributed by atoms with Crippen LogP contribution in [0.2, 0.25) is 0 Å². The van der Waals surface area contributed by atoms with Gasteiger partial charge in [0, 0.05) is 31.2 Å². The van der Waals surface area contributed by atoms with Gasteiger partial charge >= 0.3 is 12.2 Å². The molecular weight excluding hydrogens is 468 g/mol. The molecule has 2 fully saturated rings. The van der Waals surface area contributed by atoms with Gasteiger partial charge in [0.15, 0.2) is 0 Å². The van der Waals surface area contributed by atoms with E-state index in [2.05, 4.69) is 94.6 Å². The maximum absolute atomic E-state index is 11.6. The van der Waals surface area contributed by atoms with E-state index in [-0.39, 0.29) is 34.4 Å². The number of likely N-dealkylation sites (tertiary alicyclic amines) is 2. The number of amides is 2. The van der Waals surface area contributed by atoms with Crippen LogP contribution >= 0.6 is 0 Å². The third-order valence-electron chi connectivity index (χ3n) is 10.5. The van der Waals surface area contributed by atoms with Crippen molar-refractivity contribution in [2.24, 2.45) is 11.5 Å². The van der Waals surface area contributed by atoms with Crippen molar-refractivity contribution >= 4 is 23.6 Å². The molecule has 37 heavy (non-hydrogen) atoms. The molecule has 0 aromatic heterocycles. The van der Waals surface area contributed by atoms with E-state index < -0.39 is 12.2 Å². The fraction of sp³-hybridized carbons (Fsp3) is 0.724. The number of ether oxygens (including phenoxy) is 2. The molecule has 8 heteroatoms. The molecule has 0 radical (unpaired) electrons. The molecule has 0 aliphatic carbocycles. The van der Waals surface area contributed by atoms with Crippen molar-refractivity contribution in [3.05, 3.63) is 23.8 Å². The Balaban J connectivity index is 2.16. The van der Waals surface area contributed by atoms with E-state index in [0.717, 1.165) is 12.8 Å². The molecule has 208 valence electrons. The third-order valence-corrected chi connectivity index (χ3v) is 10.5. The lowest BCUT2D eigenvalue weighted by Crippen LogP contribution is -2.76. The van der Waals surface area contributed by atoms with Gasteiger partial charge < -0.3 is 20.9 Å². The number of benzene rings is 1. The quantitative estimate of drug-likeness (QED) is 0.514. The van der Waals surface area contributed by atoms with Crippen LogP contribution in [0.1, 0.15) is 86.6 Å². The molecule has 0 unspecified atom stereocenters. The van der Waals surface area contributed by atoms with Gasteiger partial charge in [0.05, 0.1) is 20.2 Å². The van der Waals surface area contributed by atoms with Gasteiger partial charge in [0.25, 0.3) is 0 Å². The van der Waals surface area contributed by atoms with Crippen molar-refractivity contribution in [3.8, 4) is 0 Å². The molecule has 8 nitrogen and oxygen atoms in total. The number of hydrogen-bond donors (Lipinski definition) is 2. The number of piperidine rings is 2. The van der Waals surface area contributed by atoms with Gasteiger partial charge in [-0.25, -0.2) is 9.59 Å². The first-order chi connectivity index (χ1) is 16.6. The predicted molar refractivity (Wildman–Crippen MR) is 150 cm³/mol. The Morgan fingerprint density at radius 2 is 1.08 bits per heavy atom. The third kappa shape index (κ3) is 4.50. The molecule has 0 spiro atoms. The van der Waals surface area contributed by atoms with Crippen LogP contribution in [0.4, 0.5) is 21.0 Å². The molecule has 0 atom stereocenters. The lowest BCUT2D eigenvalue weighted by molar-refractivity contribution is -0.0639. The Hall–Kier alpha value is -2.32. The minimum Gasteiger partial charge on any atom is -0.446 e. The van der Waals surface area contributed by atoms with Crippen LogP contribution in [0.25, 0.3) is 0 Å². The van der Waals surface area contributed by atoms with E-state index in [1.165, 1.54) is 16.9 Å². The highest BCUT2D eigenvalue weighted by Crippen LogP contribution is 2.53. The van der Waals surface area contributed by atoms with Crippen LogP contribution in [-0.2, 0) is 9.47 Å². The minimum atomic E-state index is -0.712. The van der Waals surface area contributed by atoms with Crippen molar-refractivity contribution in [2.75, 3.05) is 14.1 Å². The summed E-state index contributed by atoms with van der Waals surface area (Å²) < 4.78 is 12.4. The van der Waals surface area contributed by atoms with Crippen LogP contribution in [0.3, 0.4) is 0 Å².